The Hall–Kier alpha value is -1.78. The van der Waals surface area contributed by atoms with E-state index in [4.69, 9.17) is 0 Å². The zero-order chi connectivity index (χ0) is 12.4. The Balaban J connectivity index is 0.00000133. The van der Waals surface area contributed by atoms with Gasteiger partial charge in [-0.05, 0) is 12.1 Å². The molecule has 1 aromatic carbocycles. The van der Waals surface area contributed by atoms with Crippen molar-refractivity contribution in [2.24, 2.45) is 0 Å². The molecule has 0 N–H and O–H groups in total. The molecule has 0 saturated carbocycles. The van der Waals surface area contributed by atoms with Gasteiger partial charge in [0.15, 0.2) is 5.95 Å². The second-order valence-corrected chi connectivity index (χ2v) is 3.80. The molecule has 0 aliphatic heterocycles. The van der Waals surface area contributed by atoms with Crippen LogP contribution in [0.25, 0.3) is 11.6 Å². The van der Waals surface area contributed by atoms with E-state index in [0.29, 0.717) is 5.95 Å². The van der Waals surface area contributed by atoms with E-state index in [1.807, 2.05) is 37.3 Å². The Bertz CT molecular complexity index is 630. The van der Waals surface area contributed by atoms with Gasteiger partial charge in [-0.15, -0.1) is 6.07 Å². The van der Waals surface area contributed by atoms with Crippen molar-refractivity contribution in [3.05, 3.63) is 54.6 Å². The zero-order valence-corrected chi connectivity index (χ0v) is 12.7. The predicted octanol–water partition coefficient (Wildman–Crippen LogP) is 1.81. The van der Waals surface area contributed by atoms with Gasteiger partial charge >= 0.3 is 0 Å². The minimum atomic E-state index is 0. The molecule has 0 atom stereocenters. The first-order valence-electron chi connectivity index (χ1n) is 5.82. The van der Waals surface area contributed by atoms with Crippen LogP contribution in [-0.4, -0.2) is 24.5 Å². The molecule has 3 rings (SSSR count). The Morgan fingerprint density at radius 1 is 1.21 bits per heavy atom. The standard InChI is InChI=1S/C13H12N5.Ir/c1-2-12-15-13(17-10-6-9-14-17)18(16-12)11-7-4-3-5-8-11;/h3-9H,2H2,1H3;/q-1;. The normalized spacial score (nSPS) is 10.2. The summed E-state index contributed by atoms with van der Waals surface area (Å²) in [5.74, 6) is 1.45. The van der Waals surface area contributed by atoms with E-state index in [1.165, 1.54) is 0 Å². The van der Waals surface area contributed by atoms with E-state index in [2.05, 4.69) is 21.4 Å². The summed E-state index contributed by atoms with van der Waals surface area (Å²) in [5.41, 5.74) is 0.962. The fraction of sp³-hybridized carbons (Fsp3) is 0.154. The summed E-state index contributed by atoms with van der Waals surface area (Å²) < 4.78 is 3.38. The maximum Gasteiger partial charge on any atom is 0.150 e. The van der Waals surface area contributed by atoms with E-state index in [-0.39, 0.29) is 20.1 Å². The molecule has 0 fully saturated rings. The van der Waals surface area contributed by atoms with Gasteiger partial charge in [-0.25, -0.2) is 4.68 Å². The van der Waals surface area contributed by atoms with Crippen molar-refractivity contribution in [2.45, 2.75) is 13.3 Å². The van der Waals surface area contributed by atoms with Gasteiger partial charge in [0, 0.05) is 26.5 Å². The van der Waals surface area contributed by atoms with Crippen molar-refractivity contribution in [3.63, 3.8) is 0 Å². The van der Waals surface area contributed by atoms with Gasteiger partial charge < -0.3 is 4.68 Å². The van der Waals surface area contributed by atoms with Crippen LogP contribution in [0.2, 0.25) is 0 Å². The van der Waals surface area contributed by atoms with Crippen molar-refractivity contribution in [1.29, 1.82) is 0 Å². The van der Waals surface area contributed by atoms with Gasteiger partial charge in [-0.2, -0.15) is 5.10 Å². The van der Waals surface area contributed by atoms with E-state index >= 15 is 0 Å². The average molecular weight is 430 g/mol. The summed E-state index contributed by atoms with van der Waals surface area (Å²) in [6, 6.07) is 11.6. The van der Waals surface area contributed by atoms with Gasteiger partial charge in [0.1, 0.15) is 5.82 Å². The number of hydrogen-bond acceptors (Lipinski definition) is 3. The Morgan fingerprint density at radius 2 is 2.00 bits per heavy atom. The van der Waals surface area contributed by atoms with E-state index in [0.717, 1.165) is 17.9 Å². The predicted molar refractivity (Wildman–Crippen MR) is 66.7 cm³/mol. The number of benzene rings is 1. The first-order valence-corrected chi connectivity index (χ1v) is 5.82. The molecule has 0 unspecified atom stereocenters. The van der Waals surface area contributed by atoms with Crippen molar-refractivity contribution in [3.8, 4) is 11.6 Å². The van der Waals surface area contributed by atoms with Crippen molar-refractivity contribution >= 4 is 0 Å². The Morgan fingerprint density at radius 3 is 2.63 bits per heavy atom. The molecule has 99 valence electrons. The summed E-state index contributed by atoms with van der Waals surface area (Å²) in [6.45, 7) is 2.03. The van der Waals surface area contributed by atoms with Crippen LogP contribution >= 0.6 is 0 Å². The third-order valence-corrected chi connectivity index (χ3v) is 2.59. The van der Waals surface area contributed by atoms with Crippen LogP contribution in [-0.2, 0) is 26.5 Å². The van der Waals surface area contributed by atoms with Crippen LogP contribution in [0, 0.1) is 6.20 Å². The molecular weight excluding hydrogens is 418 g/mol. The molecule has 0 amide bonds. The van der Waals surface area contributed by atoms with Gasteiger partial charge in [0.05, 0.1) is 5.69 Å². The van der Waals surface area contributed by atoms with Crippen LogP contribution in [0.15, 0.2) is 42.6 Å². The second kappa shape index (κ2) is 5.91. The fourth-order valence-corrected chi connectivity index (χ4v) is 1.72. The maximum atomic E-state index is 4.48. The van der Waals surface area contributed by atoms with Crippen molar-refractivity contribution < 1.29 is 20.1 Å². The number of hydrogen-bond donors (Lipinski definition) is 0. The first kappa shape index (κ1) is 13.6. The Kier molecular flexibility index (Phi) is 4.24. The van der Waals surface area contributed by atoms with E-state index in [1.54, 1.807) is 21.6 Å². The number of aromatic nitrogens is 5. The largest absolute Gasteiger partial charge is 0.328 e. The summed E-state index contributed by atoms with van der Waals surface area (Å²) in [4.78, 5) is 4.47. The van der Waals surface area contributed by atoms with Crippen LogP contribution in [0.5, 0.6) is 0 Å². The van der Waals surface area contributed by atoms with Gasteiger partial charge in [0.2, 0.25) is 0 Å². The monoisotopic (exact) mass is 431 g/mol. The van der Waals surface area contributed by atoms with Gasteiger partial charge in [-0.1, -0.05) is 37.5 Å². The molecule has 0 saturated heterocycles. The molecular formula is C13H12IrN5-. The van der Waals surface area contributed by atoms with Crippen molar-refractivity contribution in [1.82, 2.24) is 24.5 Å². The van der Waals surface area contributed by atoms with Gasteiger partial charge in [0.25, 0.3) is 0 Å². The molecule has 6 heteroatoms. The minimum absolute atomic E-state index is 0. The number of para-hydroxylation sites is 1. The molecule has 0 aliphatic rings. The fourth-order valence-electron chi connectivity index (χ4n) is 1.72. The van der Waals surface area contributed by atoms with Crippen LogP contribution in [0.1, 0.15) is 12.7 Å². The Labute approximate surface area is 124 Å². The summed E-state index contributed by atoms with van der Waals surface area (Å²) in [7, 11) is 0. The molecule has 1 radical (unpaired) electrons. The molecule has 3 aromatic rings. The van der Waals surface area contributed by atoms with Gasteiger partial charge in [-0.3, -0.25) is 10.1 Å². The minimum Gasteiger partial charge on any atom is -0.328 e. The molecule has 19 heavy (non-hydrogen) atoms. The first-order chi connectivity index (χ1) is 8.88. The third kappa shape index (κ3) is 2.64. The number of aryl methyl sites for hydroxylation is 1. The second-order valence-electron chi connectivity index (χ2n) is 3.80. The quantitative estimate of drug-likeness (QED) is 0.596. The third-order valence-electron chi connectivity index (χ3n) is 2.59. The van der Waals surface area contributed by atoms with Crippen LogP contribution in [0.4, 0.5) is 0 Å². The topological polar surface area (TPSA) is 48.5 Å². The molecule has 2 heterocycles. The average Bonchev–Trinajstić information content (AvgIpc) is 3.08. The molecule has 5 nitrogen and oxygen atoms in total. The van der Waals surface area contributed by atoms with Crippen molar-refractivity contribution in [2.75, 3.05) is 0 Å². The number of rotatable bonds is 3. The maximum absolute atomic E-state index is 4.48. The number of nitrogens with zero attached hydrogens (tertiary/aromatic N) is 5. The summed E-state index contributed by atoms with van der Waals surface area (Å²) >= 11 is 0. The van der Waals surface area contributed by atoms with Crippen LogP contribution in [0.3, 0.4) is 0 Å². The smallest absolute Gasteiger partial charge is 0.150 e. The molecule has 2 aromatic heterocycles. The zero-order valence-electron chi connectivity index (χ0n) is 10.3. The molecule has 0 aliphatic carbocycles. The molecule has 0 spiro atoms. The summed E-state index contributed by atoms with van der Waals surface area (Å²) in [5, 5.41) is 8.64. The summed E-state index contributed by atoms with van der Waals surface area (Å²) in [6.07, 6.45) is 5.45. The molecule has 0 bridgehead atoms. The van der Waals surface area contributed by atoms with E-state index in [9.17, 15) is 0 Å². The van der Waals surface area contributed by atoms with Crippen LogP contribution < -0.4 is 0 Å². The van der Waals surface area contributed by atoms with E-state index < -0.39 is 0 Å². The SMILES string of the molecule is CCc1nc(-n2[c-]ccn2)n(-c2ccccc2)n1.[Ir].